The molecule has 7 nitrogen and oxygen atoms in total. The van der Waals surface area contributed by atoms with Gasteiger partial charge in [0.05, 0.1) is 24.3 Å². The summed E-state index contributed by atoms with van der Waals surface area (Å²) in [6, 6.07) is 14.4. The number of nitrogens with zero attached hydrogens (tertiary/aromatic N) is 2. The van der Waals surface area contributed by atoms with Gasteiger partial charge in [0.2, 0.25) is 10.0 Å². The van der Waals surface area contributed by atoms with E-state index in [0.29, 0.717) is 17.3 Å². The number of benzene rings is 2. The Morgan fingerprint density at radius 3 is 2.58 bits per heavy atom. The molecule has 0 atom stereocenters. The second-order valence-electron chi connectivity index (χ2n) is 7.93. The summed E-state index contributed by atoms with van der Waals surface area (Å²) in [5, 5.41) is 3.03. The first-order valence-corrected chi connectivity index (χ1v) is 13.4. The lowest BCUT2D eigenvalue weighted by atomic mass is 10.1. The number of rotatable bonds is 9. The number of sulfonamides is 1. The Hall–Kier alpha value is -2.46. The van der Waals surface area contributed by atoms with E-state index in [1.54, 1.807) is 42.7 Å². The summed E-state index contributed by atoms with van der Waals surface area (Å²) in [6.07, 6.45) is 1.55. The molecule has 0 bridgehead atoms. The zero-order chi connectivity index (χ0) is 23.3. The zero-order valence-electron chi connectivity index (χ0n) is 18.9. The van der Waals surface area contributed by atoms with Crippen molar-refractivity contribution in [3.63, 3.8) is 0 Å². The molecule has 2 aromatic carbocycles. The Kier molecular flexibility index (Phi) is 7.64. The van der Waals surface area contributed by atoms with Crippen molar-refractivity contribution in [3.05, 3.63) is 59.6 Å². The zero-order valence-corrected chi connectivity index (χ0v) is 20.5. The quantitative estimate of drug-likeness (QED) is 0.488. The average molecular weight is 488 g/mol. The molecule has 0 spiro atoms. The number of hydrogen-bond acceptors (Lipinski definition) is 7. The summed E-state index contributed by atoms with van der Waals surface area (Å²) in [6.45, 7) is 4.93. The highest BCUT2D eigenvalue weighted by Crippen LogP contribution is 2.34. The molecule has 33 heavy (non-hydrogen) atoms. The minimum absolute atomic E-state index is 0.0474. The SMILES string of the molecule is CCOc1ccc(-c2nc(CN3CCC(NS(=O)(=O)c4ccccc4)CC3)cs2)cc1OC. The minimum atomic E-state index is -3.47. The van der Waals surface area contributed by atoms with Gasteiger partial charge in [0.25, 0.3) is 0 Å². The molecule has 1 aliphatic rings. The number of hydrogen-bond donors (Lipinski definition) is 1. The predicted molar refractivity (Wildman–Crippen MR) is 130 cm³/mol. The fraction of sp³-hybridized carbons (Fsp3) is 0.375. The van der Waals surface area contributed by atoms with E-state index in [0.717, 1.165) is 54.5 Å². The molecule has 4 rings (SSSR count). The maximum absolute atomic E-state index is 12.6. The van der Waals surface area contributed by atoms with Gasteiger partial charge >= 0.3 is 0 Å². The summed E-state index contributed by atoms with van der Waals surface area (Å²) >= 11 is 1.61. The maximum Gasteiger partial charge on any atom is 0.240 e. The van der Waals surface area contributed by atoms with Crippen LogP contribution >= 0.6 is 11.3 Å². The van der Waals surface area contributed by atoms with Gasteiger partial charge in [-0.15, -0.1) is 11.3 Å². The largest absolute Gasteiger partial charge is 0.493 e. The van der Waals surface area contributed by atoms with Crippen molar-refractivity contribution >= 4 is 21.4 Å². The number of likely N-dealkylation sites (tertiary alicyclic amines) is 1. The standard InChI is InChI=1S/C24H29N3O4S2/c1-3-31-22-10-9-18(15-23(22)30-2)24-25-20(17-32-24)16-27-13-11-19(12-14-27)26-33(28,29)21-7-5-4-6-8-21/h4-10,15,17,19,26H,3,11-14,16H2,1-2H3. The Morgan fingerprint density at radius 2 is 1.88 bits per heavy atom. The van der Waals surface area contributed by atoms with Crippen LogP contribution in [0.15, 0.2) is 58.8 Å². The van der Waals surface area contributed by atoms with Gasteiger partial charge in [0.1, 0.15) is 5.01 Å². The third kappa shape index (κ3) is 5.92. The lowest BCUT2D eigenvalue weighted by molar-refractivity contribution is 0.198. The van der Waals surface area contributed by atoms with E-state index in [9.17, 15) is 8.42 Å². The fourth-order valence-electron chi connectivity index (χ4n) is 3.91. The molecule has 0 unspecified atom stereocenters. The van der Waals surface area contributed by atoms with Gasteiger partial charge in [-0.25, -0.2) is 18.1 Å². The molecule has 2 heterocycles. The molecular formula is C24H29N3O4S2. The lowest BCUT2D eigenvalue weighted by Crippen LogP contribution is -2.44. The number of nitrogens with one attached hydrogen (secondary N) is 1. The predicted octanol–water partition coefficient (Wildman–Crippen LogP) is 4.16. The first kappa shape index (κ1) is 23.7. The molecule has 1 saturated heterocycles. The van der Waals surface area contributed by atoms with Crippen LogP contribution in [0, 0.1) is 0 Å². The summed E-state index contributed by atoms with van der Waals surface area (Å²) in [5.41, 5.74) is 2.02. The Balaban J connectivity index is 1.33. The lowest BCUT2D eigenvalue weighted by Gasteiger charge is -2.31. The van der Waals surface area contributed by atoms with Gasteiger partial charge in [-0.05, 0) is 50.1 Å². The van der Waals surface area contributed by atoms with E-state index >= 15 is 0 Å². The average Bonchev–Trinajstić information content (AvgIpc) is 3.30. The number of thiazole rings is 1. The van der Waals surface area contributed by atoms with Crippen molar-refractivity contribution in [2.24, 2.45) is 0 Å². The molecule has 0 saturated carbocycles. The molecule has 3 aromatic rings. The van der Waals surface area contributed by atoms with Crippen molar-refractivity contribution in [2.75, 3.05) is 26.8 Å². The molecule has 176 valence electrons. The van der Waals surface area contributed by atoms with E-state index in [2.05, 4.69) is 15.0 Å². The van der Waals surface area contributed by atoms with Crippen LogP contribution in [0.5, 0.6) is 11.5 Å². The third-order valence-corrected chi connectivity index (χ3v) is 8.09. The van der Waals surface area contributed by atoms with Gasteiger partial charge in [0, 0.05) is 36.6 Å². The van der Waals surface area contributed by atoms with Crippen LogP contribution in [0.2, 0.25) is 0 Å². The van der Waals surface area contributed by atoms with Gasteiger partial charge in [-0.1, -0.05) is 18.2 Å². The fourth-order valence-corrected chi connectivity index (χ4v) is 6.05. The molecule has 1 aliphatic heterocycles. The molecule has 0 aliphatic carbocycles. The summed E-state index contributed by atoms with van der Waals surface area (Å²) in [5.74, 6) is 1.43. The van der Waals surface area contributed by atoms with E-state index in [1.165, 1.54) is 0 Å². The van der Waals surface area contributed by atoms with E-state index in [-0.39, 0.29) is 6.04 Å². The Bertz CT molecular complexity index is 1160. The number of aromatic nitrogens is 1. The Morgan fingerprint density at radius 1 is 1.12 bits per heavy atom. The van der Waals surface area contributed by atoms with Crippen LogP contribution in [-0.4, -0.2) is 51.1 Å². The van der Waals surface area contributed by atoms with Crippen molar-refractivity contribution in [3.8, 4) is 22.1 Å². The highest BCUT2D eigenvalue weighted by atomic mass is 32.2. The molecule has 0 amide bonds. The summed E-state index contributed by atoms with van der Waals surface area (Å²) < 4.78 is 39.0. The van der Waals surface area contributed by atoms with Crippen LogP contribution in [0.3, 0.4) is 0 Å². The minimum Gasteiger partial charge on any atom is -0.493 e. The molecular weight excluding hydrogens is 458 g/mol. The first-order chi connectivity index (χ1) is 16.0. The van der Waals surface area contributed by atoms with Crippen LogP contribution in [-0.2, 0) is 16.6 Å². The van der Waals surface area contributed by atoms with Crippen molar-refractivity contribution < 1.29 is 17.9 Å². The molecule has 9 heteroatoms. The molecule has 1 fully saturated rings. The summed E-state index contributed by atoms with van der Waals surface area (Å²) in [4.78, 5) is 7.45. The van der Waals surface area contributed by atoms with Crippen molar-refractivity contribution in [1.82, 2.24) is 14.6 Å². The highest BCUT2D eigenvalue weighted by molar-refractivity contribution is 7.89. The van der Waals surface area contributed by atoms with Gasteiger partial charge in [-0.3, -0.25) is 4.90 Å². The van der Waals surface area contributed by atoms with Crippen molar-refractivity contribution in [1.29, 1.82) is 0 Å². The number of methoxy groups -OCH3 is 1. The third-order valence-electron chi connectivity index (χ3n) is 5.61. The van der Waals surface area contributed by atoms with Gasteiger partial charge in [0.15, 0.2) is 11.5 Å². The van der Waals surface area contributed by atoms with Crippen LogP contribution in [0.1, 0.15) is 25.5 Å². The second kappa shape index (κ2) is 10.6. The number of piperidine rings is 1. The number of ether oxygens (including phenoxy) is 2. The van der Waals surface area contributed by atoms with Gasteiger partial charge < -0.3 is 9.47 Å². The van der Waals surface area contributed by atoms with E-state index in [1.807, 2.05) is 31.2 Å². The smallest absolute Gasteiger partial charge is 0.240 e. The summed E-state index contributed by atoms with van der Waals surface area (Å²) in [7, 11) is -1.84. The van der Waals surface area contributed by atoms with Crippen molar-refractivity contribution in [2.45, 2.75) is 37.2 Å². The molecule has 0 radical (unpaired) electrons. The van der Waals surface area contributed by atoms with E-state index < -0.39 is 10.0 Å². The Labute approximate surface area is 199 Å². The van der Waals surface area contributed by atoms with E-state index in [4.69, 9.17) is 14.5 Å². The maximum atomic E-state index is 12.6. The molecule has 1 N–H and O–H groups in total. The first-order valence-electron chi connectivity index (χ1n) is 11.0. The normalized spacial score (nSPS) is 15.5. The van der Waals surface area contributed by atoms with Gasteiger partial charge in [-0.2, -0.15) is 0 Å². The second-order valence-corrected chi connectivity index (χ2v) is 10.5. The van der Waals surface area contributed by atoms with Crippen LogP contribution in [0.4, 0.5) is 0 Å². The topological polar surface area (TPSA) is 80.8 Å². The van der Waals surface area contributed by atoms with Crippen LogP contribution in [0.25, 0.3) is 10.6 Å². The van der Waals surface area contributed by atoms with Crippen LogP contribution < -0.4 is 14.2 Å². The highest BCUT2D eigenvalue weighted by Gasteiger charge is 2.25. The monoisotopic (exact) mass is 487 g/mol. The molecule has 1 aromatic heterocycles.